The van der Waals surface area contributed by atoms with Crippen LogP contribution in [0.2, 0.25) is 0 Å². The van der Waals surface area contributed by atoms with Crippen molar-refractivity contribution in [2.24, 2.45) is 7.05 Å². The molecule has 17 heavy (non-hydrogen) atoms. The predicted octanol–water partition coefficient (Wildman–Crippen LogP) is 1.30. The van der Waals surface area contributed by atoms with Crippen molar-refractivity contribution >= 4 is 16.9 Å². The molecule has 1 N–H and O–H groups in total. The zero-order valence-electron chi connectivity index (χ0n) is 9.11. The summed E-state index contributed by atoms with van der Waals surface area (Å²) in [5.74, 6) is -1.61. The van der Waals surface area contributed by atoms with Gasteiger partial charge in [0.25, 0.3) is 5.56 Å². The molecule has 1 aromatic carbocycles. The lowest BCUT2D eigenvalue weighted by Gasteiger charge is -2.09. The number of halogens is 1. The number of benzene rings is 1. The summed E-state index contributed by atoms with van der Waals surface area (Å²) in [6, 6.07) is 5.49. The zero-order valence-corrected chi connectivity index (χ0v) is 9.11. The van der Waals surface area contributed by atoms with Crippen LogP contribution in [-0.4, -0.2) is 15.6 Å². The molecule has 0 spiro atoms. The topological polar surface area (TPSA) is 59.3 Å². The van der Waals surface area contributed by atoms with E-state index >= 15 is 0 Å². The first-order chi connectivity index (χ1) is 8.00. The van der Waals surface area contributed by atoms with Gasteiger partial charge in [-0.1, -0.05) is 6.07 Å². The minimum Gasteiger partial charge on any atom is -0.481 e. The van der Waals surface area contributed by atoms with Crippen molar-refractivity contribution in [3.8, 4) is 0 Å². The van der Waals surface area contributed by atoms with Gasteiger partial charge in [-0.25, -0.2) is 4.39 Å². The fraction of sp³-hybridized carbons (Fsp3) is 0.167. The molecule has 0 bridgehead atoms. The van der Waals surface area contributed by atoms with Gasteiger partial charge in [0.05, 0.1) is 11.9 Å². The summed E-state index contributed by atoms with van der Waals surface area (Å²) < 4.78 is 15.0. The van der Waals surface area contributed by atoms with E-state index in [0.29, 0.717) is 5.52 Å². The number of nitrogens with zero attached hydrogens (tertiary/aromatic N) is 1. The third-order valence-corrected chi connectivity index (χ3v) is 2.64. The zero-order chi connectivity index (χ0) is 12.6. The van der Waals surface area contributed by atoms with Crippen molar-refractivity contribution in [3.05, 3.63) is 46.0 Å². The van der Waals surface area contributed by atoms with Gasteiger partial charge in [0.15, 0.2) is 0 Å². The molecule has 1 heterocycles. The third-order valence-electron chi connectivity index (χ3n) is 2.64. The molecule has 0 aliphatic carbocycles. The fourth-order valence-electron chi connectivity index (χ4n) is 1.85. The summed E-state index contributed by atoms with van der Waals surface area (Å²) in [5.41, 5.74) is 0.252. The van der Waals surface area contributed by atoms with Crippen LogP contribution in [0.5, 0.6) is 0 Å². The summed E-state index contributed by atoms with van der Waals surface area (Å²) in [7, 11) is 1.52. The van der Waals surface area contributed by atoms with E-state index in [1.807, 2.05) is 0 Å². The normalized spacial score (nSPS) is 10.7. The number of aryl methyl sites for hydroxylation is 1. The van der Waals surface area contributed by atoms with E-state index in [4.69, 9.17) is 5.11 Å². The Balaban J connectivity index is 2.88. The molecule has 0 saturated carbocycles. The number of pyridine rings is 1. The van der Waals surface area contributed by atoms with Gasteiger partial charge in [-0.05, 0) is 17.7 Å². The van der Waals surface area contributed by atoms with Crippen LogP contribution < -0.4 is 5.56 Å². The smallest absolute Gasteiger partial charge is 0.307 e. The number of aliphatic carboxylic acids is 1. The first-order valence-electron chi connectivity index (χ1n) is 4.99. The van der Waals surface area contributed by atoms with Crippen molar-refractivity contribution in [3.63, 3.8) is 0 Å². The molecule has 0 fully saturated rings. The number of carboxylic acids is 1. The number of hydrogen-bond acceptors (Lipinski definition) is 2. The van der Waals surface area contributed by atoms with Gasteiger partial charge in [0.2, 0.25) is 0 Å². The number of aromatic nitrogens is 1. The van der Waals surface area contributed by atoms with Crippen LogP contribution in [0, 0.1) is 5.82 Å². The molecule has 2 aromatic rings. The molecule has 0 aliphatic rings. The Morgan fingerprint density at radius 1 is 1.47 bits per heavy atom. The Morgan fingerprint density at radius 3 is 2.82 bits per heavy atom. The molecule has 5 heteroatoms. The maximum absolute atomic E-state index is 13.7. The summed E-state index contributed by atoms with van der Waals surface area (Å²) in [6.07, 6.45) is -0.368. The number of rotatable bonds is 2. The maximum Gasteiger partial charge on any atom is 0.307 e. The van der Waals surface area contributed by atoms with Crippen molar-refractivity contribution < 1.29 is 14.3 Å². The van der Waals surface area contributed by atoms with E-state index in [0.717, 1.165) is 0 Å². The lowest BCUT2D eigenvalue weighted by Crippen LogP contribution is -2.18. The second-order valence-electron chi connectivity index (χ2n) is 3.77. The van der Waals surface area contributed by atoms with E-state index in [1.54, 1.807) is 6.07 Å². The largest absolute Gasteiger partial charge is 0.481 e. The molecule has 0 atom stereocenters. The molecule has 0 aliphatic heterocycles. The molecular weight excluding hydrogens is 225 g/mol. The Morgan fingerprint density at radius 2 is 2.18 bits per heavy atom. The van der Waals surface area contributed by atoms with Crippen LogP contribution >= 0.6 is 0 Å². The van der Waals surface area contributed by atoms with E-state index in [2.05, 4.69) is 0 Å². The second-order valence-corrected chi connectivity index (χ2v) is 3.77. The molecule has 0 saturated heterocycles. The molecule has 0 amide bonds. The standard InChI is InChI=1S/C12H10FNO3/c1-14-9-4-2-3-8(13)12(9)7(5-10(14)15)6-11(16)17/h2-5H,6H2,1H3,(H,16,17). The third kappa shape index (κ3) is 1.91. The van der Waals surface area contributed by atoms with Gasteiger partial charge in [-0.15, -0.1) is 0 Å². The summed E-state index contributed by atoms with van der Waals surface area (Å²) in [5, 5.41) is 8.94. The van der Waals surface area contributed by atoms with Crippen molar-refractivity contribution in [2.45, 2.75) is 6.42 Å². The SMILES string of the molecule is Cn1c(=O)cc(CC(=O)O)c2c(F)cccc21. The van der Waals surface area contributed by atoms with Gasteiger partial charge in [0.1, 0.15) is 5.82 Å². The quantitative estimate of drug-likeness (QED) is 0.853. The monoisotopic (exact) mass is 235 g/mol. The highest BCUT2D eigenvalue weighted by molar-refractivity contribution is 5.86. The Kier molecular flexibility index (Phi) is 2.67. The molecule has 0 unspecified atom stereocenters. The summed E-state index contributed by atoms with van der Waals surface area (Å²) >= 11 is 0. The van der Waals surface area contributed by atoms with Gasteiger partial charge in [-0.2, -0.15) is 0 Å². The minimum atomic E-state index is -1.09. The highest BCUT2D eigenvalue weighted by atomic mass is 19.1. The fourth-order valence-corrected chi connectivity index (χ4v) is 1.85. The van der Waals surface area contributed by atoms with Crippen LogP contribution in [0.15, 0.2) is 29.1 Å². The second kappa shape index (κ2) is 4.01. The number of carbonyl (C=O) groups is 1. The lowest BCUT2D eigenvalue weighted by atomic mass is 10.1. The van der Waals surface area contributed by atoms with Crippen LogP contribution in [0.3, 0.4) is 0 Å². The van der Waals surface area contributed by atoms with Crippen LogP contribution in [0.4, 0.5) is 4.39 Å². The number of carboxylic acid groups (broad SMARTS) is 1. The van der Waals surface area contributed by atoms with Gasteiger partial charge in [-0.3, -0.25) is 9.59 Å². The number of fused-ring (bicyclic) bond motifs is 1. The first kappa shape index (κ1) is 11.3. The highest BCUT2D eigenvalue weighted by Crippen LogP contribution is 2.20. The van der Waals surface area contributed by atoms with Gasteiger partial charge >= 0.3 is 5.97 Å². The summed E-state index contributed by atoms with van der Waals surface area (Å²) in [6.45, 7) is 0. The molecule has 0 radical (unpaired) electrons. The molecule has 88 valence electrons. The average Bonchev–Trinajstić information content (AvgIpc) is 2.24. The van der Waals surface area contributed by atoms with E-state index in [9.17, 15) is 14.0 Å². The van der Waals surface area contributed by atoms with Crippen molar-refractivity contribution in [1.82, 2.24) is 4.57 Å². The predicted molar refractivity (Wildman–Crippen MR) is 60.5 cm³/mol. The minimum absolute atomic E-state index is 0.192. The molecular formula is C12H10FNO3. The van der Waals surface area contributed by atoms with Crippen molar-refractivity contribution in [1.29, 1.82) is 0 Å². The van der Waals surface area contributed by atoms with Gasteiger partial charge < -0.3 is 9.67 Å². The summed E-state index contributed by atoms with van der Waals surface area (Å²) in [4.78, 5) is 22.3. The Bertz CT molecular complexity index is 661. The van der Waals surface area contributed by atoms with Gasteiger partial charge in [0, 0.05) is 18.5 Å². The number of hydrogen-bond donors (Lipinski definition) is 1. The van der Waals surface area contributed by atoms with Crippen molar-refractivity contribution in [2.75, 3.05) is 0 Å². The molecule has 4 nitrogen and oxygen atoms in total. The Labute approximate surface area is 95.9 Å². The molecule has 1 aromatic heterocycles. The highest BCUT2D eigenvalue weighted by Gasteiger charge is 2.12. The Hall–Kier alpha value is -2.17. The van der Waals surface area contributed by atoms with Crippen LogP contribution in [0.25, 0.3) is 10.9 Å². The van der Waals surface area contributed by atoms with E-state index < -0.39 is 11.8 Å². The maximum atomic E-state index is 13.7. The lowest BCUT2D eigenvalue weighted by molar-refractivity contribution is -0.136. The van der Waals surface area contributed by atoms with Crippen LogP contribution in [0.1, 0.15) is 5.56 Å². The van der Waals surface area contributed by atoms with Crippen LogP contribution in [-0.2, 0) is 18.3 Å². The van der Waals surface area contributed by atoms with E-state index in [-0.39, 0.29) is 22.9 Å². The average molecular weight is 235 g/mol. The molecule has 2 rings (SSSR count). The first-order valence-corrected chi connectivity index (χ1v) is 4.99. The van der Waals surface area contributed by atoms with E-state index in [1.165, 1.54) is 29.8 Å².